The van der Waals surface area contributed by atoms with Gasteiger partial charge in [-0.05, 0) is 18.6 Å². The molecule has 14 heteroatoms. The molecule has 4 heterocycles. The van der Waals surface area contributed by atoms with Gasteiger partial charge in [0, 0.05) is 24.2 Å². The normalized spacial score (nSPS) is 11.8. The zero-order valence-corrected chi connectivity index (χ0v) is 17.3. The molecule has 32 heavy (non-hydrogen) atoms. The number of alkyl halides is 3. The van der Waals surface area contributed by atoms with Crippen LogP contribution in [0.2, 0.25) is 0 Å². The number of halogens is 3. The van der Waals surface area contributed by atoms with Crippen molar-refractivity contribution < 1.29 is 18.0 Å². The molecular weight excluding hydrogens is 451 g/mol. The van der Waals surface area contributed by atoms with E-state index in [1.54, 1.807) is 0 Å². The molecule has 0 unspecified atom stereocenters. The van der Waals surface area contributed by atoms with Crippen LogP contribution in [0, 0.1) is 6.92 Å². The Labute approximate surface area is 180 Å². The summed E-state index contributed by atoms with van der Waals surface area (Å²) in [6.45, 7) is 1.04. The highest BCUT2D eigenvalue weighted by Gasteiger charge is 2.34. The highest BCUT2D eigenvalue weighted by atomic mass is 32.1. The Morgan fingerprint density at radius 1 is 1.28 bits per heavy atom. The van der Waals surface area contributed by atoms with Gasteiger partial charge >= 0.3 is 11.9 Å². The van der Waals surface area contributed by atoms with E-state index in [0.29, 0.717) is 10.6 Å². The second-order valence-corrected chi connectivity index (χ2v) is 7.69. The molecule has 0 atom stereocenters. The number of nitrogens with zero attached hydrogens (tertiary/aromatic N) is 5. The molecule has 0 saturated heterocycles. The van der Waals surface area contributed by atoms with Crippen molar-refractivity contribution in [1.82, 2.24) is 29.1 Å². The molecule has 0 radical (unpaired) electrons. The molecule has 0 bridgehead atoms. The summed E-state index contributed by atoms with van der Waals surface area (Å²) in [5.74, 6) is -0.325. The molecule has 0 saturated carbocycles. The first-order valence-corrected chi connectivity index (χ1v) is 9.86. The van der Waals surface area contributed by atoms with E-state index < -0.39 is 29.0 Å². The summed E-state index contributed by atoms with van der Waals surface area (Å²) in [5, 5.41) is 4.47. The molecule has 0 spiro atoms. The Hall–Kier alpha value is -3.81. The molecule has 1 amide bonds. The maximum atomic E-state index is 12.9. The minimum absolute atomic E-state index is 0.0395. The molecule has 4 aromatic heterocycles. The van der Waals surface area contributed by atoms with Crippen molar-refractivity contribution in [3.8, 4) is 10.6 Å². The number of amides is 1. The predicted molar refractivity (Wildman–Crippen MR) is 109 cm³/mol. The minimum Gasteiger partial charge on any atom is -0.315 e. The van der Waals surface area contributed by atoms with Crippen molar-refractivity contribution in [1.29, 1.82) is 0 Å². The van der Waals surface area contributed by atoms with Crippen LogP contribution in [0.4, 0.5) is 19.0 Å². The van der Waals surface area contributed by atoms with Gasteiger partial charge in [-0.25, -0.2) is 14.8 Å². The number of pyridine rings is 1. The van der Waals surface area contributed by atoms with Gasteiger partial charge in [-0.3, -0.25) is 24.1 Å². The quantitative estimate of drug-likeness (QED) is 0.474. The molecule has 4 aromatic rings. The van der Waals surface area contributed by atoms with E-state index in [9.17, 15) is 27.6 Å². The number of H-pyrrole nitrogens is 1. The highest BCUT2D eigenvalue weighted by molar-refractivity contribution is 7.13. The maximum absolute atomic E-state index is 12.9. The maximum Gasteiger partial charge on any atom is 0.433 e. The zero-order chi connectivity index (χ0) is 23.2. The third-order valence-electron chi connectivity index (χ3n) is 4.56. The number of aryl methyl sites for hydroxylation is 2. The van der Waals surface area contributed by atoms with Gasteiger partial charge in [0.1, 0.15) is 23.1 Å². The molecule has 4 rings (SSSR count). The first-order chi connectivity index (χ1) is 15.0. The van der Waals surface area contributed by atoms with Crippen LogP contribution in [0.5, 0.6) is 0 Å². The van der Waals surface area contributed by atoms with Gasteiger partial charge in [-0.15, -0.1) is 11.3 Å². The van der Waals surface area contributed by atoms with Gasteiger partial charge in [0.2, 0.25) is 5.91 Å². The number of hydrogen-bond acceptors (Lipinski definition) is 7. The van der Waals surface area contributed by atoms with Crippen LogP contribution in [0.3, 0.4) is 0 Å². The number of carbonyl (C=O) groups excluding carboxylic acids is 1. The van der Waals surface area contributed by atoms with E-state index in [1.165, 1.54) is 36.3 Å². The number of imidazole rings is 1. The summed E-state index contributed by atoms with van der Waals surface area (Å²) in [7, 11) is 1.44. The van der Waals surface area contributed by atoms with Crippen molar-refractivity contribution in [3.05, 3.63) is 56.1 Å². The Balaban J connectivity index is 1.52. The highest BCUT2D eigenvalue weighted by Crippen LogP contribution is 2.33. The number of nitrogens with one attached hydrogen (secondary N) is 2. The number of hydrogen-bond donors (Lipinski definition) is 2. The minimum atomic E-state index is -4.55. The Bertz CT molecular complexity index is 1470. The molecule has 10 nitrogen and oxygen atoms in total. The molecule has 166 valence electrons. The summed E-state index contributed by atoms with van der Waals surface area (Å²) in [6.07, 6.45) is -2.20. The van der Waals surface area contributed by atoms with E-state index >= 15 is 0 Å². The van der Waals surface area contributed by atoms with Crippen LogP contribution < -0.4 is 16.6 Å². The van der Waals surface area contributed by atoms with Crippen molar-refractivity contribution in [2.75, 3.05) is 5.32 Å². The number of aromatic amines is 1. The van der Waals surface area contributed by atoms with E-state index in [-0.39, 0.29) is 29.1 Å². The number of thiazole rings is 1. The molecule has 0 fully saturated rings. The second kappa shape index (κ2) is 7.71. The van der Waals surface area contributed by atoms with Gasteiger partial charge < -0.3 is 9.88 Å². The lowest BCUT2D eigenvalue weighted by atomic mass is 10.1. The van der Waals surface area contributed by atoms with Gasteiger partial charge in [0.15, 0.2) is 11.2 Å². The zero-order valence-electron chi connectivity index (χ0n) is 16.5. The fraction of sp³-hybridized carbons (Fsp3) is 0.222. The van der Waals surface area contributed by atoms with Gasteiger partial charge in [0.05, 0.1) is 6.33 Å². The lowest BCUT2D eigenvalue weighted by molar-refractivity contribution is -0.141. The van der Waals surface area contributed by atoms with Crippen LogP contribution in [-0.2, 0) is 24.6 Å². The van der Waals surface area contributed by atoms with E-state index in [0.717, 1.165) is 22.1 Å². The first kappa shape index (κ1) is 21.4. The third-order valence-corrected chi connectivity index (χ3v) is 5.45. The van der Waals surface area contributed by atoms with Gasteiger partial charge in [0.25, 0.3) is 5.56 Å². The van der Waals surface area contributed by atoms with Crippen molar-refractivity contribution >= 4 is 34.2 Å². The van der Waals surface area contributed by atoms with Crippen molar-refractivity contribution in [3.63, 3.8) is 0 Å². The SMILES string of the molecule is Cc1cc(-c2nc(NC(=O)Cn3cnc4c3c(=O)[nH]c(=O)n4C)cs2)cnc1C(F)(F)F. The Morgan fingerprint density at radius 3 is 2.72 bits per heavy atom. The smallest absolute Gasteiger partial charge is 0.315 e. The predicted octanol–water partition coefficient (Wildman–Crippen LogP) is 1.91. The average molecular weight is 465 g/mol. The third kappa shape index (κ3) is 3.91. The summed E-state index contributed by atoms with van der Waals surface area (Å²) < 4.78 is 41.1. The van der Waals surface area contributed by atoms with E-state index in [4.69, 9.17) is 0 Å². The van der Waals surface area contributed by atoms with E-state index in [2.05, 4.69) is 25.3 Å². The standard InChI is InChI=1S/C18H14F3N7O3S/c1-8-3-9(4-22-13(8)18(19,20)21)16-25-10(6-32-16)24-11(29)5-28-7-23-14-12(28)15(30)26-17(31)27(14)2/h3-4,6-7H,5H2,1-2H3,(H,24,29)(H,26,30,31). The summed E-state index contributed by atoms with van der Waals surface area (Å²) in [4.78, 5) is 50.0. The molecule has 0 aliphatic carbocycles. The van der Waals surface area contributed by atoms with Gasteiger partial charge in [-0.1, -0.05) is 0 Å². The average Bonchev–Trinajstić information content (AvgIpc) is 3.32. The number of fused-ring (bicyclic) bond motifs is 1. The van der Waals surface area contributed by atoms with Crippen LogP contribution in [0.25, 0.3) is 21.7 Å². The van der Waals surface area contributed by atoms with Crippen LogP contribution in [0.1, 0.15) is 11.3 Å². The Kier molecular flexibility index (Phi) is 5.16. The fourth-order valence-electron chi connectivity index (χ4n) is 3.09. The number of carbonyl (C=O) groups is 1. The molecule has 0 aliphatic heterocycles. The lowest BCUT2D eigenvalue weighted by Crippen LogP contribution is -2.30. The van der Waals surface area contributed by atoms with Crippen molar-refractivity contribution in [2.45, 2.75) is 19.6 Å². The Morgan fingerprint density at radius 2 is 2.03 bits per heavy atom. The fourth-order valence-corrected chi connectivity index (χ4v) is 3.83. The summed E-state index contributed by atoms with van der Waals surface area (Å²) in [5.41, 5.74) is -1.72. The summed E-state index contributed by atoms with van der Waals surface area (Å²) >= 11 is 1.12. The number of anilines is 1. The van der Waals surface area contributed by atoms with E-state index in [1.807, 2.05) is 0 Å². The van der Waals surface area contributed by atoms with Crippen LogP contribution in [-0.4, -0.2) is 35.0 Å². The lowest BCUT2D eigenvalue weighted by Gasteiger charge is -2.09. The molecule has 2 N–H and O–H groups in total. The second-order valence-electron chi connectivity index (χ2n) is 6.84. The van der Waals surface area contributed by atoms with Crippen LogP contribution in [0.15, 0.2) is 33.6 Å². The monoisotopic (exact) mass is 465 g/mol. The van der Waals surface area contributed by atoms with Crippen molar-refractivity contribution in [2.24, 2.45) is 7.05 Å². The largest absolute Gasteiger partial charge is 0.433 e. The van der Waals surface area contributed by atoms with Crippen LogP contribution >= 0.6 is 11.3 Å². The first-order valence-electron chi connectivity index (χ1n) is 8.98. The number of rotatable bonds is 4. The summed E-state index contributed by atoms with van der Waals surface area (Å²) in [6, 6.07) is 1.33. The molecular formula is C18H14F3N7O3S. The van der Waals surface area contributed by atoms with Gasteiger partial charge in [-0.2, -0.15) is 13.2 Å². The molecule has 0 aromatic carbocycles. The number of aromatic nitrogens is 6. The molecule has 0 aliphatic rings. The topological polar surface area (TPSA) is 128 Å².